The zero-order valence-electron chi connectivity index (χ0n) is 10.7. The van der Waals surface area contributed by atoms with Crippen LogP contribution in [-0.2, 0) is 5.60 Å². The first-order valence-electron chi connectivity index (χ1n) is 5.95. The van der Waals surface area contributed by atoms with Gasteiger partial charge < -0.3 is 9.84 Å². The highest BCUT2D eigenvalue weighted by Gasteiger charge is 2.22. The van der Waals surface area contributed by atoms with Crippen LogP contribution in [0, 0.1) is 0 Å². The van der Waals surface area contributed by atoms with Crippen LogP contribution in [0.5, 0.6) is 5.75 Å². The summed E-state index contributed by atoms with van der Waals surface area (Å²) in [4.78, 5) is 0. The van der Waals surface area contributed by atoms with Gasteiger partial charge in [-0.05, 0) is 44.9 Å². The maximum atomic E-state index is 10.3. The van der Waals surface area contributed by atoms with Crippen molar-refractivity contribution in [2.45, 2.75) is 52.2 Å². The Balaban J connectivity index is 2.89. The van der Waals surface area contributed by atoms with E-state index in [0.717, 1.165) is 24.2 Å². The quantitative estimate of drug-likeness (QED) is 0.826. The Kier molecular flexibility index (Phi) is 4.36. The molecule has 1 rings (SSSR count). The molecule has 0 amide bonds. The maximum Gasteiger partial charge on any atom is 0.120 e. The van der Waals surface area contributed by atoms with E-state index in [9.17, 15) is 5.11 Å². The van der Waals surface area contributed by atoms with Crippen LogP contribution in [0.4, 0.5) is 0 Å². The normalized spacial score (nSPS) is 14.9. The van der Waals surface area contributed by atoms with Gasteiger partial charge in [-0.25, -0.2) is 0 Å². The molecule has 0 aliphatic carbocycles. The molecule has 1 aromatic carbocycles. The van der Waals surface area contributed by atoms with E-state index in [1.807, 2.05) is 45.0 Å². The first-order chi connectivity index (χ1) is 7.45. The third-order valence-corrected chi connectivity index (χ3v) is 2.56. The van der Waals surface area contributed by atoms with Crippen LogP contribution in [0.2, 0.25) is 0 Å². The molecule has 0 spiro atoms. The molecule has 0 aromatic heterocycles. The predicted octanol–water partition coefficient (Wildman–Crippen LogP) is 3.48. The number of aliphatic hydroxyl groups is 1. The molecule has 0 saturated heterocycles. The van der Waals surface area contributed by atoms with Crippen molar-refractivity contribution in [3.63, 3.8) is 0 Å². The van der Waals surface area contributed by atoms with E-state index in [-0.39, 0.29) is 6.10 Å². The highest BCUT2D eigenvalue weighted by molar-refractivity contribution is 5.32. The largest absolute Gasteiger partial charge is 0.491 e. The Bertz CT molecular complexity index is 329. The van der Waals surface area contributed by atoms with Crippen LogP contribution in [0.1, 0.15) is 46.1 Å². The van der Waals surface area contributed by atoms with Gasteiger partial charge in [-0.2, -0.15) is 0 Å². The SMILES string of the molecule is CCC[C@](C)(O)c1cccc(OC(C)C)c1. The highest BCUT2D eigenvalue weighted by Crippen LogP contribution is 2.28. The molecule has 0 aliphatic rings. The summed E-state index contributed by atoms with van der Waals surface area (Å²) in [6, 6.07) is 7.72. The minimum Gasteiger partial charge on any atom is -0.491 e. The van der Waals surface area contributed by atoms with Crippen molar-refractivity contribution in [1.82, 2.24) is 0 Å². The molecule has 0 unspecified atom stereocenters. The van der Waals surface area contributed by atoms with Crippen LogP contribution in [0.25, 0.3) is 0 Å². The third-order valence-electron chi connectivity index (χ3n) is 2.56. The molecule has 0 radical (unpaired) electrons. The minimum absolute atomic E-state index is 0.159. The Labute approximate surface area is 98.3 Å². The summed E-state index contributed by atoms with van der Waals surface area (Å²) in [5, 5.41) is 10.3. The maximum absolute atomic E-state index is 10.3. The van der Waals surface area contributed by atoms with Gasteiger partial charge in [0.25, 0.3) is 0 Å². The van der Waals surface area contributed by atoms with Gasteiger partial charge >= 0.3 is 0 Å². The Morgan fingerprint density at radius 2 is 2.06 bits per heavy atom. The molecule has 1 atom stereocenters. The number of ether oxygens (including phenoxy) is 1. The van der Waals surface area contributed by atoms with Crippen molar-refractivity contribution in [3.8, 4) is 5.75 Å². The summed E-state index contributed by atoms with van der Waals surface area (Å²) in [5.41, 5.74) is 0.165. The Hall–Kier alpha value is -1.02. The predicted molar refractivity (Wildman–Crippen MR) is 66.7 cm³/mol. The molecule has 2 nitrogen and oxygen atoms in total. The molecule has 1 N–H and O–H groups in total. The molecule has 0 fully saturated rings. The molecule has 90 valence electrons. The molecule has 0 aliphatic heterocycles. The zero-order chi connectivity index (χ0) is 12.2. The van der Waals surface area contributed by atoms with Crippen molar-refractivity contribution >= 4 is 0 Å². The molecule has 0 bridgehead atoms. The molecule has 16 heavy (non-hydrogen) atoms. The summed E-state index contributed by atoms with van der Waals surface area (Å²) in [6.45, 7) is 7.92. The lowest BCUT2D eigenvalue weighted by atomic mass is 9.91. The number of hydrogen-bond donors (Lipinski definition) is 1. The van der Waals surface area contributed by atoms with Crippen molar-refractivity contribution < 1.29 is 9.84 Å². The average Bonchev–Trinajstić information content (AvgIpc) is 2.17. The second-order valence-electron chi connectivity index (χ2n) is 4.72. The van der Waals surface area contributed by atoms with Crippen molar-refractivity contribution in [1.29, 1.82) is 0 Å². The molecule has 0 saturated carbocycles. The fourth-order valence-electron chi connectivity index (χ4n) is 1.81. The van der Waals surface area contributed by atoms with E-state index in [1.165, 1.54) is 0 Å². The van der Waals surface area contributed by atoms with Gasteiger partial charge in [0.1, 0.15) is 5.75 Å². The number of hydrogen-bond acceptors (Lipinski definition) is 2. The lowest BCUT2D eigenvalue weighted by Gasteiger charge is -2.24. The second kappa shape index (κ2) is 5.35. The van der Waals surface area contributed by atoms with Crippen LogP contribution in [-0.4, -0.2) is 11.2 Å². The van der Waals surface area contributed by atoms with Gasteiger partial charge in [0, 0.05) is 0 Å². The monoisotopic (exact) mass is 222 g/mol. The lowest BCUT2D eigenvalue weighted by molar-refractivity contribution is 0.0466. The number of rotatable bonds is 5. The summed E-state index contributed by atoms with van der Waals surface area (Å²) < 4.78 is 5.62. The summed E-state index contributed by atoms with van der Waals surface area (Å²) in [5.74, 6) is 0.823. The molecule has 1 aromatic rings. The zero-order valence-corrected chi connectivity index (χ0v) is 10.7. The van der Waals surface area contributed by atoms with E-state index < -0.39 is 5.60 Å². The van der Waals surface area contributed by atoms with E-state index in [2.05, 4.69) is 6.92 Å². The first-order valence-corrected chi connectivity index (χ1v) is 5.95. The van der Waals surface area contributed by atoms with E-state index in [1.54, 1.807) is 0 Å². The van der Waals surface area contributed by atoms with E-state index in [0.29, 0.717) is 0 Å². The fraction of sp³-hybridized carbons (Fsp3) is 0.571. The fourth-order valence-corrected chi connectivity index (χ4v) is 1.81. The average molecular weight is 222 g/mol. The summed E-state index contributed by atoms with van der Waals surface area (Å²) in [6.07, 6.45) is 1.88. The van der Waals surface area contributed by atoms with Gasteiger partial charge in [0.15, 0.2) is 0 Å². The Morgan fingerprint density at radius 3 is 2.62 bits per heavy atom. The molecular formula is C14H22O2. The Morgan fingerprint density at radius 1 is 1.38 bits per heavy atom. The van der Waals surface area contributed by atoms with Crippen LogP contribution in [0.15, 0.2) is 24.3 Å². The van der Waals surface area contributed by atoms with Crippen molar-refractivity contribution in [3.05, 3.63) is 29.8 Å². The summed E-state index contributed by atoms with van der Waals surface area (Å²) >= 11 is 0. The van der Waals surface area contributed by atoms with Crippen molar-refractivity contribution in [2.24, 2.45) is 0 Å². The van der Waals surface area contributed by atoms with Crippen LogP contribution < -0.4 is 4.74 Å². The van der Waals surface area contributed by atoms with Gasteiger partial charge in [-0.1, -0.05) is 25.5 Å². The topological polar surface area (TPSA) is 29.5 Å². The van der Waals surface area contributed by atoms with Crippen molar-refractivity contribution in [2.75, 3.05) is 0 Å². The highest BCUT2D eigenvalue weighted by atomic mass is 16.5. The molecule has 2 heteroatoms. The van der Waals surface area contributed by atoms with Crippen LogP contribution in [0.3, 0.4) is 0 Å². The van der Waals surface area contributed by atoms with E-state index in [4.69, 9.17) is 4.74 Å². The van der Waals surface area contributed by atoms with Gasteiger partial charge in [0.05, 0.1) is 11.7 Å². The standard InChI is InChI=1S/C14H22O2/c1-5-9-14(4,15)12-7-6-8-13(10-12)16-11(2)3/h6-8,10-11,15H,5,9H2,1-4H3/t14-/m0/s1. The third kappa shape index (κ3) is 3.53. The van der Waals surface area contributed by atoms with Gasteiger partial charge in [-0.15, -0.1) is 0 Å². The lowest BCUT2D eigenvalue weighted by Crippen LogP contribution is -2.20. The van der Waals surface area contributed by atoms with Gasteiger partial charge in [0.2, 0.25) is 0 Å². The smallest absolute Gasteiger partial charge is 0.120 e. The molecular weight excluding hydrogens is 200 g/mol. The second-order valence-corrected chi connectivity index (χ2v) is 4.72. The van der Waals surface area contributed by atoms with E-state index >= 15 is 0 Å². The van der Waals surface area contributed by atoms with Gasteiger partial charge in [-0.3, -0.25) is 0 Å². The number of benzene rings is 1. The minimum atomic E-state index is -0.759. The molecule has 0 heterocycles. The van der Waals surface area contributed by atoms with Crippen LogP contribution >= 0.6 is 0 Å². The first kappa shape index (κ1) is 13.0. The summed E-state index contributed by atoms with van der Waals surface area (Å²) in [7, 11) is 0.